The Hall–Kier alpha value is -2.97. The molecule has 1 aromatic rings. The van der Waals surface area contributed by atoms with Crippen LogP contribution in [0.4, 0.5) is 10.1 Å². The van der Waals surface area contributed by atoms with E-state index >= 15 is 0 Å². The number of aliphatic carboxylic acids is 1. The van der Waals surface area contributed by atoms with Crippen molar-refractivity contribution in [2.75, 3.05) is 18.0 Å². The van der Waals surface area contributed by atoms with Crippen LogP contribution >= 0.6 is 0 Å². The van der Waals surface area contributed by atoms with E-state index in [1.165, 1.54) is 29.2 Å². The summed E-state index contributed by atoms with van der Waals surface area (Å²) in [6.45, 7) is 3.34. The van der Waals surface area contributed by atoms with Gasteiger partial charge in [-0.15, -0.1) is 0 Å². The Kier molecular flexibility index (Phi) is 7.08. The quantitative estimate of drug-likeness (QED) is 0.607. The van der Waals surface area contributed by atoms with Crippen LogP contribution in [0.1, 0.15) is 26.7 Å². The van der Waals surface area contributed by atoms with Crippen LogP contribution < -0.4 is 15.5 Å². The van der Waals surface area contributed by atoms with Gasteiger partial charge in [-0.1, -0.05) is 13.8 Å². The van der Waals surface area contributed by atoms with Crippen molar-refractivity contribution in [3.8, 4) is 0 Å². The smallest absolute Gasteiger partial charge is 0.322 e. The number of anilines is 1. The highest BCUT2D eigenvalue weighted by Gasteiger charge is 2.36. The van der Waals surface area contributed by atoms with Crippen molar-refractivity contribution >= 4 is 29.4 Å². The summed E-state index contributed by atoms with van der Waals surface area (Å²) in [7, 11) is 0. The average molecular weight is 393 g/mol. The van der Waals surface area contributed by atoms with Gasteiger partial charge in [-0.25, -0.2) is 4.39 Å². The summed E-state index contributed by atoms with van der Waals surface area (Å²) in [6, 6.07) is 4.52. The van der Waals surface area contributed by atoms with Gasteiger partial charge in [0.1, 0.15) is 18.4 Å². The topological polar surface area (TPSA) is 116 Å². The molecule has 3 amide bonds. The van der Waals surface area contributed by atoms with E-state index in [9.17, 15) is 23.6 Å². The fourth-order valence-electron chi connectivity index (χ4n) is 3.03. The number of carboxylic acid groups (broad SMARTS) is 1. The monoisotopic (exact) mass is 393 g/mol. The minimum atomic E-state index is -1.18. The van der Waals surface area contributed by atoms with E-state index in [1.54, 1.807) is 0 Å². The van der Waals surface area contributed by atoms with Gasteiger partial charge >= 0.3 is 5.97 Å². The Morgan fingerprint density at radius 1 is 1.25 bits per heavy atom. The van der Waals surface area contributed by atoms with E-state index in [-0.39, 0.29) is 24.8 Å². The van der Waals surface area contributed by atoms with E-state index < -0.39 is 42.1 Å². The third-order valence-electron chi connectivity index (χ3n) is 4.39. The van der Waals surface area contributed by atoms with Crippen LogP contribution in [0.25, 0.3) is 0 Å². The summed E-state index contributed by atoms with van der Waals surface area (Å²) in [5.41, 5.74) is 0.500. The zero-order chi connectivity index (χ0) is 20.8. The minimum Gasteiger partial charge on any atom is -0.480 e. The summed E-state index contributed by atoms with van der Waals surface area (Å²) < 4.78 is 13.1. The largest absolute Gasteiger partial charge is 0.480 e. The molecule has 1 saturated heterocycles. The lowest BCUT2D eigenvalue weighted by Crippen LogP contribution is -2.50. The third-order valence-corrected chi connectivity index (χ3v) is 4.39. The van der Waals surface area contributed by atoms with Gasteiger partial charge in [0.25, 0.3) is 0 Å². The first kappa shape index (κ1) is 21.3. The molecule has 1 unspecified atom stereocenters. The Labute approximate surface area is 162 Å². The van der Waals surface area contributed by atoms with Crippen molar-refractivity contribution in [2.45, 2.75) is 32.7 Å². The number of carbonyl (C=O) groups is 4. The maximum Gasteiger partial charge on any atom is 0.322 e. The highest BCUT2D eigenvalue weighted by Crippen LogP contribution is 2.25. The molecule has 8 nitrogen and oxygen atoms in total. The summed E-state index contributed by atoms with van der Waals surface area (Å²) in [5, 5.41) is 13.6. The van der Waals surface area contributed by atoms with Crippen LogP contribution in [0, 0.1) is 17.7 Å². The fraction of sp³-hybridized carbons (Fsp3) is 0.474. The van der Waals surface area contributed by atoms with Gasteiger partial charge in [-0.05, 0) is 36.6 Å². The van der Waals surface area contributed by atoms with Gasteiger partial charge in [0.15, 0.2) is 0 Å². The van der Waals surface area contributed by atoms with Crippen LogP contribution in [0.15, 0.2) is 24.3 Å². The van der Waals surface area contributed by atoms with Gasteiger partial charge in [0, 0.05) is 18.7 Å². The molecule has 3 N–H and O–H groups in total. The summed E-state index contributed by atoms with van der Waals surface area (Å²) >= 11 is 0. The van der Waals surface area contributed by atoms with Gasteiger partial charge < -0.3 is 20.6 Å². The van der Waals surface area contributed by atoms with Gasteiger partial charge in [-0.2, -0.15) is 0 Å². The predicted molar refractivity (Wildman–Crippen MR) is 98.9 cm³/mol. The molecule has 0 aliphatic carbocycles. The second-order valence-electron chi connectivity index (χ2n) is 7.18. The van der Waals surface area contributed by atoms with E-state index in [0.717, 1.165) is 0 Å². The second kappa shape index (κ2) is 9.29. The van der Waals surface area contributed by atoms with Crippen molar-refractivity contribution in [2.24, 2.45) is 11.8 Å². The number of benzene rings is 1. The number of nitrogens with one attached hydrogen (secondary N) is 2. The average Bonchev–Trinajstić information content (AvgIpc) is 3.01. The number of nitrogens with zero attached hydrogens (tertiary/aromatic N) is 1. The van der Waals surface area contributed by atoms with Gasteiger partial charge in [-0.3, -0.25) is 19.2 Å². The Morgan fingerprint density at radius 3 is 2.46 bits per heavy atom. The standard InChI is InChI=1S/C19H24FN3O5/c1-11(2)7-15(19(28)21-9-17(25)26)22-18(27)12-8-16(24)23(10-12)14-5-3-13(20)4-6-14/h3-6,11-12,15H,7-10H2,1-2H3,(H,21,28)(H,22,27)(H,25,26)/t12?,15-/m0/s1. The molecule has 9 heteroatoms. The molecule has 28 heavy (non-hydrogen) atoms. The summed E-state index contributed by atoms with van der Waals surface area (Å²) in [5.74, 6) is -3.46. The predicted octanol–water partition coefficient (Wildman–Crippen LogP) is 0.910. The number of hydrogen-bond acceptors (Lipinski definition) is 4. The van der Waals surface area contributed by atoms with Crippen molar-refractivity contribution < 1.29 is 28.7 Å². The van der Waals surface area contributed by atoms with Crippen molar-refractivity contribution in [3.63, 3.8) is 0 Å². The summed E-state index contributed by atoms with van der Waals surface area (Å²) in [4.78, 5) is 49.1. The SMILES string of the molecule is CC(C)C[C@H](NC(=O)C1CC(=O)N(c2ccc(F)cc2)C1)C(=O)NCC(=O)O. The molecule has 0 saturated carbocycles. The first-order chi connectivity index (χ1) is 13.2. The van der Waals surface area contributed by atoms with E-state index in [2.05, 4.69) is 10.6 Å². The van der Waals surface area contributed by atoms with Crippen molar-refractivity contribution in [1.82, 2.24) is 10.6 Å². The maximum absolute atomic E-state index is 13.1. The molecular formula is C19H24FN3O5. The molecule has 2 atom stereocenters. The Morgan fingerprint density at radius 2 is 1.89 bits per heavy atom. The van der Waals surface area contributed by atoms with Crippen molar-refractivity contribution in [1.29, 1.82) is 0 Å². The molecule has 152 valence electrons. The fourth-order valence-corrected chi connectivity index (χ4v) is 3.03. The highest BCUT2D eigenvalue weighted by molar-refractivity contribution is 6.01. The molecule has 0 spiro atoms. The first-order valence-electron chi connectivity index (χ1n) is 9.03. The molecule has 1 heterocycles. The lowest BCUT2D eigenvalue weighted by molar-refractivity contribution is -0.138. The Bertz CT molecular complexity index is 750. The molecule has 1 aliphatic rings. The van der Waals surface area contributed by atoms with Crippen LogP contribution in [-0.4, -0.2) is 47.9 Å². The molecule has 1 fully saturated rings. The number of hydrogen-bond donors (Lipinski definition) is 3. The number of amides is 3. The van der Waals surface area contributed by atoms with Crippen LogP contribution in [-0.2, 0) is 19.2 Å². The zero-order valence-corrected chi connectivity index (χ0v) is 15.8. The van der Waals surface area contributed by atoms with Gasteiger partial charge in [0.05, 0.1) is 5.92 Å². The number of carboxylic acids is 1. The van der Waals surface area contributed by atoms with Crippen LogP contribution in [0.2, 0.25) is 0 Å². The zero-order valence-electron chi connectivity index (χ0n) is 15.8. The van der Waals surface area contributed by atoms with E-state index in [0.29, 0.717) is 12.1 Å². The van der Waals surface area contributed by atoms with Crippen LogP contribution in [0.5, 0.6) is 0 Å². The third kappa shape index (κ3) is 5.77. The van der Waals surface area contributed by atoms with Crippen molar-refractivity contribution in [3.05, 3.63) is 30.1 Å². The number of carbonyl (C=O) groups excluding carboxylic acids is 3. The normalized spacial score (nSPS) is 17.5. The molecule has 0 aromatic heterocycles. The number of rotatable bonds is 8. The maximum atomic E-state index is 13.1. The highest BCUT2D eigenvalue weighted by atomic mass is 19.1. The molecular weight excluding hydrogens is 369 g/mol. The summed E-state index contributed by atoms with van der Waals surface area (Å²) in [6.07, 6.45) is 0.313. The molecule has 2 rings (SSSR count). The molecule has 0 radical (unpaired) electrons. The van der Waals surface area contributed by atoms with Crippen LogP contribution in [0.3, 0.4) is 0 Å². The lowest BCUT2D eigenvalue weighted by atomic mass is 10.0. The van der Waals surface area contributed by atoms with E-state index in [1.807, 2.05) is 13.8 Å². The second-order valence-corrected chi connectivity index (χ2v) is 7.18. The first-order valence-corrected chi connectivity index (χ1v) is 9.03. The number of halogens is 1. The molecule has 1 aromatic carbocycles. The minimum absolute atomic E-state index is 0.0195. The lowest BCUT2D eigenvalue weighted by Gasteiger charge is -2.22. The Balaban J connectivity index is 2.02. The van der Waals surface area contributed by atoms with E-state index in [4.69, 9.17) is 5.11 Å². The molecule has 1 aliphatic heterocycles. The van der Waals surface area contributed by atoms with Gasteiger partial charge in [0.2, 0.25) is 17.7 Å². The molecule has 0 bridgehead atoms.